The molecule has 0 aliphatic carbocycles. The summed E-state index contributed by atoms with van der Waals surface area (Å²) in [6.45, 7) is 3.94. The monoisotopic (exact) mass is 374 g/mol. The predicted octanol–water partition coefficient (Wildman–Crippen LogP) is 3.94. The highest BCUT2D eigenvalue weighted by atomic mass is 16.5. The van der Waals surface area contributed by atoms with E-state index in [4.69, 9.17) is 8.94 Å². The fraction of sp³-hybridized carbons (Fsp3) is 0.143. The van der Waals surface area contributed by atoms with Crippen molar-refractivity contribution in [1.29, 1.82) is 0 Å². The third-order valence-electron chi connectivity index (χ3n) is 4.39. The molecule has 0 bridgehead atoms. The Morgan fingerprint density at radius 2 is 1.71 bits per heavy atom. The van der Waals surface area contributed by atoms with Crippen LogP contribution >= 0.6 is 0 Å². The Kier molecular flexibility index (Phi) is 4.72. The Hall–Kier alpha value is -3.74. The Balaban J connectivity index is 1.43. The molecular weight excluding hydrogens is 356 g/mol. The molecule has 0 spiro atoms. The molecule has 0 saturated heterocycles. The van der Waals surface area contributed by atoms with Crippen LogP contribution in [0.2, 0.25) is 0 Å². The number of hydrogen-bond acceptors (Lipinski definition) is 6. The van der Waals surface area contributed by atoms with Crippen LogP contribution in [0.25, 0.3) is 22.8 Å². The van der Waals surface area contributed by atoms with Crippen molar-refractivity contribution in [2.45, 2.75) is 20.4 Å². The second-order valence-electron chi connectivity index (χ2n) is 6.34. The zero-order valence-electron chi connectivity index (χ0n) is 15.5. The summed E-state index contributed by atoms with van der Waals surface area (Å²) in [6, 6.07) is 16.7. The maximum atomic E-state index is 12.4. The van der Waals surface area contributed by atoms with Crippen LogP contribution in [-0.2, 0) is 6.54 Å². The summed E-state index contributed by atoms with van der Waals surface area (Å²) >= 11 is 0. The minimum atomic E-state index is -0.197. The van der Waals surface area contributed by atoms with E-state index in [1.165, 1.54) is 0 Å². The summed E-state index contributed by atoms with van der Waals surface area (Å²) in [5.74, 6) is 1.44. The normalized spacial score (nSPS) is 10.8. The van der Waals surface area contributed by atoms with Gasteiger partial charge in [-0.05, 0) is 31.2 Å². The van der Waals surface area contributed by atoms with Gasteiger partial charge in [-0.15, -0.1) is 10.2 Å². The summed E-state index contributed by atoms with van der Waals surface area (Å²) in [6.07, 6.45) is 0. The van der Waals surface area contributed by atoms with Crippen molar-refractivity contribution < 1.29 is 13.7 Å². The van der Waals surface area contributed by atoms with Gasteiger partial charge in [0.2, 0.25) is 11.8 Å². The van der Waals surface area contributed by atoms with E-state index in [0.29, 0.717) is 28.8 Å². The van der Waals surface area contributed by atoms with E-state index >= 15 is 0 Å². The average molecular weight is 374 g/mol. The molecule has 0 aliphatic rings. The lowest BCUT2D eigenvalue weighted by Gasteiger charge is -2.04. The minimum absolute atomic E-state index is 0.197. The Morgan fingerprint density at radius 3 is 2.39 bits per heavy atom. The predicted molar refractivity (Wildman–Crippen MR) is 102 cm³/mol. The van der Waals surface area contributed by atoms with E-state index in [9.17, 15) is 4.79 Å². The van der Waals surface area contributed by atoms with Crippen molar-refractivity contribution in [2.24, 2.45) is 0 Å². The van der Waals surface area contributed by atoms with Gasteiger partial charge in [0.25, 0.3) is 5.91 Å². The molecule has 7 heteroatoms. The first-order valence-corrected chi connectivity index (χ1v) is 8.81. The van der Waals surface area contributed by atoms with Gasteiger partial charge < -0.3 is 14.3 Å². The Labute approximate surface area is 161 Å². The highest BCUT2D eigenvalue weighted by Gasteiger charge is 2.15. The smallest absolute Gasteiger partial charge is 0.251 e. The summed E-state index contributed by atoms with van der Waals surface area (Å²) in [5, 5.41) is 14.7. The number of hydrogen-bond donors (Lipinski definition) is 1. The quantitative estimate of drug-likeness (QED) is 0.569. The van der Waals surface area contributed by atoms with Crippen molar-refractivity contribution in [3.8, 4) is 22.8 Å². The number of carbonyl (C=O) groups excluding carboxylic acids is 1. The molecule has 1 N–H and O–H groups in total. The van der Waals surface area contributed by atoms with Gasteiger partial charge in [0.1, 0.15) is 5.69 Å². The molecule has 1 amide bonds. The first kappa shape index (κ1) is 17.7. The highest BCUT2D eigenvalue weighted by Crippen LogP contribution is 2.25. The van der Waals surface area contributed by atoms with Gasteiger partial charge in [0.15, 0.2) is 5.76 Å². The number of benzene rings is 2. The maximum Gasteiger partial charge on any atom is 0.251 e. The second-order valence-corrected chi connectivity index (χ2v) is 6.34. The number of nitrogens with zero attached hydrogens (tertiary/aromatic N) is 3. The third kappa shape index (κ3) is 3.55. The van der Waals surface area contributed by atoms with Gasteiger partial charge in [0, 0.05) is 29.2 Å². The van der Waals surface area contributed by atoms with Crippen molar-refractivity contribution in [3.05, 3.63) is 77.3 Å². The molecule has 2 aromatic heterocycles. The van der Waals surface area contributed by atoms with E-state index in [1.54, 1.807) is 31.2 Å². The molecule has 0 fully saturated rings. The molecule has 0 atom stereocenters. The Morgan fingerprint density at radius 1 is 0.964 bits per heavy atom. The van der Waals surface area contributed by atoms with Crippen LogP contribution in [0.1, 0.15) is 27.5 Å². The van der Waals surface area contributed by atoms with Crippen LogP contribution in [0.4, 0.5) is 0 Å². The molecule has 0 unspecified atom stereocenters. The van der Waals surface area contributed by atoms with Crippen LogP contribution in [0.5, 0.6) is 0 Å². The molecule has 2 heterocycles. The van der Waals surface area contributed by atoms with E-state index in [1.807, 2.05) is 37.3 Å². The SMILES string of the molecule is Cc1nnc(-c2ccc(C(=O)NCc3noc(-c4ccccc4)c3C)cc2)o1. The van der Waals surface area contributed by atoms with Crippen LogP contribution < -0.4 is 5.32 Å². The number of aromatic nitrogens is 3. The zero-order valence-corrected chi connectivity index (χ0v) is 15.5. The number of rotatable bonds is 5. The molecular formula is C21H18N4O3. The van der Waals surface area contributed by atoms with Crippen molar-refractivity contribution >= 4 is 5.91 Å². The summed E-state index contributed by atoms with van der Waals surface area (Å²) < 4.78 is 10.8. The number of carbonyl (C=O) groups is 1. The van der Waals surface area contributed by atoms with Gasteiger partial charge in [-0.3, -0.25) is 4.79 Å². The molecule has 28 heavy (non-hydrogen) atoms. The van der Waals surface area contributed by atoms with Crippen LogP contribution in [0.3, 0.4) is 0 Å². The lowest BCUT2D eigenvalue weighted by atomic mass is 10.1. The molecule has 4 aromatic rings. The minimum Gasteiger partial charge on any atom is -0.421 e. The molecule has 0 saturated carbocycles. The van der Waals surface area contributed by atoms with Gasteiger partial charge in [0.05, 0.1) is 6.54 Å². The number of aryl methyl sites for hydroxylation is 1. The van der Waals surface area contributed by atoms with Crippen molar-refractivity contribution in [1.82, 2.24) is 20.7 Å². The van der Waals surface area contributed by atoms with E-state index < -0.39 is 0 Å². The third-order valence-corrected chi connectivity index (χ3v) is 4.39. The average Bonchev–Trinajstić information content (AvgIpc) is 3.32. The molecule has 2 aromatic carbocycles. The lowest BCUT2D eigenvalue weighted by molar-refractivity contribution is 0.0950. The lowest BCUT2D eigenvalue weighted by Crippen LogP contribution is -2.23. The topological polar surface area (TPSA) is 94.1 Å². The Bertz CT molecular complexity index is 1100. The molecule has 140 valence electrons. The van der Waals surface area contributed by atoms with Gasteiger partial charge in [-0.25, -0.2) is 0 Å². The second kappa shape index (κ2) is 7.48. The largest absolute Gasteiger partial charge is 0.421 e. The summed E-state index contributed by atoms with van der Waals surface area (Å²) in [5.41, 5.74) is 3.86. The first-order valence-electron chi connectivity index (χ1n) is 8.81. The zero-order chi connectivity index (χ0) is 19.5. The van der Waals surface area contributed by atoms with Crippen LogP contribution in [0, 0.1) is 13.8 Å². The van der Waals surface area contributed by atoms with E-state index in [0.717, 1.165) is 16.7 Å². The van der Waals surface area contributed by atoms with E-state index in [2.05, 4.69) is 20.7 Å². The molecule has 4 rings (SSSR count). The molecule has 0 radical (unpaired) electrons. The summed E-state index contributed by atoms with van der Waals surface area (Å²) in [4.78, 5) is 12.4. The fourth-order valence-corrected chi connectivity index (χ4v) is 2.84. The maximum absolute atomic E-state index is 12.4. The van der Waals surface area contributed by atoms with Crippen molar-refractivity contribution in [2.75, 3.05) is 0 Å². The fourth-order valence-electron chi connectivity index (χ4n) is 2.84. The first-order chi connectivity index (χ1) is 13.6. The summed E-state index contributed by atoms with van der Waals surface area (Å²) in [7, 11) is 0. The van der Waals surface area contributed by atoms with Crippen LogP contribution in [-0.4, -0.2) is 21.3 Å². The van der Waals surface area contributed by atoms with Crippen molar-refractivity contribution in [3.63, 3.8) is 0 Å². The molecule has 0 aliphatic heterocycles. The molecule has 7 nitrogen and oxygen atoms in total. The standard InChI is InChI=1S/C21H18N4O3/c1-13-18(25-28-19(13)15-6-4-3-5-7-15)12-22-20(26)16-8-10-17(11-9-16)21-24-23-14(2)27-21/h3-11H,12H2,1-2H3,(H,22,26). The number of amides is 1. The van der Waals surface area contributed by atoms with Gasteiger partial charge in [-0.1, -0.05) is 35.5 Å². The highest BCUT2D eigenvalue weighted by molar-refractivity contribution is 5.94. The van der Waals surface area contributed by atoms with E-state index in [-0.39, 0.29) is 12.5 Å². The van der Waals surface area contributed by atoms with Crippen LogP contribution in [0.15, 0.2) is 63.5 Å². The van der Waals surface area contributed by atoms with Gasteiger partial charge in [-0.2, -0.15) is 0 Å². The number of nitrogens with one attached hydrogen (secondary N) is 1. The van der Waals surface area contributed by atoms with Gasteiger partial charge >= 0.3 is 0 Å².